The molecule has 1 aromatic carbocycles. The normalized spacial score (nSPS) is 10.5. The zero-order valence-electron chi connectivity index (χ0n) is 12.6. The summed E-state index contributed by atoms with van der Waals surface area (Å²) >= 11 is 0. The minimum Gasteiger partial charge on any atom is -0.384 e. The van der Waals surface area contributed by atoms with Crippen LogP contribution >= 0.6 is 0 Å². The van der Waals surface area contributed by atoms with Gasteiger partial charge >= 0.3 is 0 Å². The summed E-state index contributed by atoms with van der Waals surface area (Å²) in [6.07, 6.45) is 0. The van der Waals surface area contributed by atoms with E-state index in [1.165, 1.54) is 6.07 Å². The number of ether oxygens (including phenoxy) is 2. The molecule has 0 aromatic heterocycles. The van der Waals surface area contributed by atoms with Gasteiger partial charge in [0.1, 0.15) is 12.4 Å². The Bertz CT molecular complexity index is 474. The average Bonchev–Trinajstić information content (AvgIpc) is 2.50. The topological polar surface area (TPSA) is 41.9 Å². The Morgan fingerprint density at radius 3 is 2.43 bits per heavy atom. The molecular formula is C16H22FNO3. The number of benzene rings is 1. The van der Waals surface area contributed by atoms with Gasteiger partial charge in [0, 0.05) is 33.9 Å². The van der Waals surface area contributed by atoms with Gasteiger partial charge in [-0.3, -0.25) is 4.90 Å². The number of hydrogen-bond donors (Lipinski definition) is 1. The summed E-state index contributed by atoms with van der Waals surface area (Å²) in [5.74, 6) is 4.71. The van der Waals surface area contributed by atoms with Crippen LogP contribution in [-0.4, -0.2) is 57.1 Å². The number of methoxy groups -OCH3 is 2. The smallest absolute Gasteiger partial charge is 0.138 e. The van der Waals surface area contributed by atoms with Gasteiger partial charge in [-0.1, -0.05) is 17.9 Å². The monoisotopic (exact) mass is 295 g/mol. The van der Waals surface area contributed by atoms with Gasteiger partial charge in [-0.05, 0) is 17.7 Å². The molecule has 0 heterocycles. The highest BCUT2D eigenvalue weighted by atomic mass is 19.1. The van der Waals surface area contributed by atoms with Crippen LogP contribution in [0.1, 0.15) is 11.1 Å². The summed E-state index contributed by atoms with van der Waals surface area (Å²) in [5, 5.41) is 8.70. The zero-order chi connectivity index (χ0) is 15.5. The van der Waals surface area contributed by atoms with E-state index in [-0.39, 0.29) is 12.4 Å². The van der Waals surface area contributed by atoms with E-state index in [9.17, 15) is 4.39 Å². The maximum atomic E-state index is 13.6. The molecule has 0 aliphatic heterocycles. The largest absolute Gasteiger partial charge is 0.384 e. The Hall–Kier alpha value is -1.45. The van der Waals surface area contributed by atoms with Crippen molar-refractivity contribution < 1.29 is 19.0 Å². The maximum Gasteiger partial charge on any atom is 0.138 e. The average molecular weight is 295 g/mol. The molecule has 0 saturated carbocycles. The summed E-state index contributed by atoms with van der Waals surface area (Å²) in [7, 11) is 3.32. The highest BCUT2D eigenvalue weighted by molar-refractivity contribution is 5.38. The highest BCUT2D eigenvalue weighted by Crippen LogP contribution is 2.12. The van der Waals surface area contributed by atoms with Crippen molar-refractivity contribution in [2.24, 2.45) is 0 Å². The third-order valence-corrected chi connectivity index (χ3v) is 2.96. The first-order chi connectivity index (χ1) is 10.2. The Morgan fingerprint density at radius 1 is 1.19 bits per heavy atom. The molecule has 0 saturated heterocycles. The Labute approximate surface area is 125 Å². The lowest BCUT2D eigenvalue weighted by molar-refractivity contribution is 0.110. The molecule has 0 amide bonds. The summed E-state index contributed by atoms with van der Waals surface area (Å²) in [6, 6.07) is 4.86. The van der Waals surface area contributed by atoms with Gasteiger partial charge in [-0.15, -0.1) is 0 Å². The third-order valence-electron chi connectivity index (χ3n) is 2.96. The number of rotatable bonds is 8. The van der Waals surface area contributed by atoms with Gasteiger partial charge in [0.2, 0.25) is 0 Å². The van der Waals surface area contributed by atoms with E-state index in [0.29, 0.717) is 25.3 Å². The molecule has 116 valence electrons. The Morgan fingerprint density at radius 2 is 1.86 bits per heavy atom. The third kappa shape index (κ3) is 6.69. The van der Waals surface area contributed by atoms with Crippen molar-refractivity contribution in [3.05, 3.63) is 35.1 Å². The molecule has 4 nitrogen and oxygen atoms in total. The van der Waals surface area contributed by atoms with Crippen molar-refractivity contribution in [1.29, 1.82) is 0 Å². The molecule has 1 N–H and O–H groups in total. The maximum absolute atomic E-state index is 13.6. The molecule has 0 spiro atoms. The number of nitrogens with zero attached hydrogens (tertiary/aromatic N) is 1. The van der Waals surface area contributed by atoms with Crippen molar-refractivity contribution in [3.8, 4) is 11.8 Å². The molecule has 5 heteroatoms. The van der Waals surface area contributed by atoms with Crippen LogP contribution in [0, 0.1) is 17.7 Å². The molecule has 0 aliphatic rings. The first-order valence-electron chi connectivity index (χ1n) is 6.79. The first kappa shape index (κ1) is 17.6. The quantitative estimate of drug-likeness (QED) is 0.733. The van der Waals surface area contributed by atoms with Crippen molar-refractivity contribution in [2.75, 3.05) is 47.1 Å². The molecule has 0 radical (unpaired) electrons. The molecule has 0 unspecified atom stereocenters. The molecular weight excluding hydrogens is 273 g/mol. The van der Waals surface area contributed by atoms with E-state index >= 15 is 0 Å². The predicted octanol–water partition coefficient (Wildman–Crippen LogP) is 1.26. The standard InChI is InChI=1S/C16H22FNO3/c1-20-10-7-18(8-11-21-2)13-14-5-6-16(17)15(12-14)4-3-9-19/h5-6,12,19H,7-11,13H2,1-2H3. The van der Waals surface area contributed by atoms with Crippen LogP contribution in [0.3, 0.4) is 0 Å². The summed E-state index contributed by atoms with van der Waals surface area (Å²) in [6.45, 7) is 3.19. The highest BCUT2D eigenvalue weighted by Gasteiger charge is 2.08. The van der Waals surface area contributed by atoms with Crippen molar-refractivity contribution in [3.63, 3.8) is 0 Å². The summed E-state index contributed by atoms with van der Waals surface area (Å²) in [5.41, 5.74) is 1.27. The van der Waals surface area contributed by atoms with Gasteiger partial charge < -0.3 is 14.6 Å². The molecule has 0 fully saturated rings. The summed E-state index contributed by atoms with van der Waals surface area (Å²) < 4.78 is 23.8. The zero-order valence-corrected chi connectivity index (χ0v) is 12.6. The van der Waals surface area contributed by atoms with Crippen LogP contribution in [0.5, 0.6) is 0 Å². The second-order valence-electron chi connectivity index (χ2n) is 4.54. The van der Waals surface area contributed by atoms with Crippen LogP contribution in [0.25, 0.3) is 0 Å². The molecule has 1 aromatic rings. The van der Waals surface area contributed by atoms with Gasteiger partial charge in [0.05, 0.1) is 18.8 Å². The second-order valence-corrected chi connectivity index (χ2v) is 4.54. The van der Waals surface area contributed by atoms with Gasteiger partial charge in [0.15, 0.2) is 0 Å². The fourth-order valence-electron chi connectivity index (χ4n) is 1.87. The van der Waals surface area contributed by atoms with Crippen LogP contribution in [0.2, 0.25) is 0 Å². The lowest BCUT2D eigenvalue weighted by atomic mass is 10.1. The lowest BCUT2D eigenvalue weighted by Crippen LogP contribution is -2.30. The molecule has 1 rings (SSSR count). The van der Waals surface area contributed by atoms with Crippen LogP contribution in [0.4, 0.5) is 4.39 Å². The number of hydrogen-bond acceptors (Lipinski definition) is 4. The molecule has 0 bridgehead atoms. The van der Waals surface area contributed by atoms with E-state index in [1.54, 1.807) is 26.4 Å². The van der Waals surface area contributed by atoms with Crippen LogP contribution < -0.4 is 0 Å². The summed E-state index contributed by atoms with van der Waals surface area (Å²) in [4.78, 5) is 2.17. The van der Waals surface area contributed by atoms with Crippen molar-refractivity contribution in [1.82, 2.24) is 4.90 Å². The van der Waals surface area contributed by atoms with Crippen molar-refractivity contribution >= 4 is 0 Å². The van der Waals surface area contributed by atoms with Gasteiger partial charge in [-0.2, -0.15) is 0 Å². The fourth-order valence-corrected chi connectivity index (χ4v) is 1.87. The van der Waals surface area contributed by atoms with E-state index in [1.807, 2.05) is 0 Å². The van der Waals surface area contributed by atoms with E-state index < -0.39 is 0 Å². The van der Waals surface area contributed by atoms with E-state index in [0.717, 1.165) is 18.7 Å². The number of aliphatic hydroxyl groups is 1. The van der Waals surface area contributed by atoms with Gasteiger partial charge in [0.25, 0.3) is 0 Å². The molecule has 0 aliphatic carbocycles. The van der Waals surface area contributed by atoms with Crippen molar-refractivity contribution in [2.45, 2.75) is 6.54 Å². The second kappa shape index (κ2) is 10.3. The van der Waals surface area contributed by atoms with E-state index in [2.05, 4.69) is 16.7 Å². The Balaban J connectivity index is 2.77. The molecule has 0 atom stereocenters. The van der Waals surface area contributed by atoms with Crippen LogP contribution in [-0.2, 0) is 16.0 Å². The number of aliphatic hydroxyl groups excluding tert-OH is 1. The lowest BCUT2D eigenvalue weighted by Gasteiger charge is -2.21. The minimum absolute atomic E-state index is 0.280. The minimum atomic E-state index is -0.375. The SMILES string of the molecule is COCCN(CCOC)Cc1ccc(F)c(C#CCO)c1. The Kier molecular flexibility index (Phi) is 8.63. The molecule has 21 heavy (non-hydrogen) atoms. The predicted molar refractivity (Wildman–Crippen MR) is 79.4 cm³/mol. The van der Waals surface area contributed by atoms with E-state index in [4.69, 9.17) is 14.6 Å². The number of halogens is 1. The van der Waals surface area contributed by atoms with Crippen LogP contribution in [0.15, 0.2) is 18.2 Å². The first-order valence-corrected chi connectivity index (χ1v) is 6.79. The van der Waals surface area contributed by atoms with Gasteiger partial charge in [-0.25, -0.2) is 4.39 Å². The fraction of sp³-hybridized carbons (Fsp3) is 0.500.